The van der Waals surface area contributed by atoms with E-state index in [1.165, 1.54) is 12.3 Å². The van der Waals surface area contributed by atoms with Gasteiger partial charge in [0.15, 0.2) is 0 Å². The normalized spacial score (nSPS) is 10.4. The molecule has 0 radical (unpaired) electrons. The van der Waals surface area contributed by atoms with Crippen LogP contribution in [0.25, 0.3) is 0 Å². The first kappa shape index (κ1) is 11.3. The van der Waals surface area contributed by atoms with Crippen LogP contribution in [0.4, 0.5) is 0 Å². The maximum Gasteiger partial charge on any atom is 0.491 e. The minimum Gasteiger partial charge on any atom is -0.475 e. The van der Waals surface area contributed by atoms with Gasteiger partial charge in [0, 0.05) is 22.7 Å². The van der Waals surface area contributed by atoms with Gasteiger partial charge in [-0.15, -0.1) is 0 Å². The molecule has 1 heterocycles. The third-order valence-corrected chi connectivity index (χ3v) is 1.82. The van der Waals surface area contributed by atoms with E-state index in [1.54, 1.807) is 0 Å². The Kier molecular flexibility index (Phi) is 3.74. The van der Waals surface area contributed by atoms with Gasteiger partial charge in [-0.2, -0.15) is 0 Å². The van der Waals surface area contributed by atoms with Crippen molar-refractivity contribution >= 4 is 24.2 Å². The maximum atomic E-state index is 8.87. The van der Waals surface area contributed by atoms with Crippen molar-refractivity contribution in [2.24, 2.45) is 0 Å². The Morgan fingerprint density at radius 2 is 2.14 bits per heavy atom. The summed E-state index contributed by atoms with van der Waals surface area (Å²) in [4.78, 5) is 3.87. The molecule has 14 heavy (non-hydrogen) atoms. The predicted molar refractivity (Wildman–Crippen MR) is 54.8 cm³/mol. The van der Waals surface area contributed by atoms with Crippen LogP contribution in [0.5, 0.6) is 5.88 Å². The first-order valence-corrected chi connectivity index (χ1v) is 4.56. The van der Waals surface area contributed by atoms with E-state index < -0.39 is 7.12 Å². The highest BCUT2D eigenvalue weighted by Crippen LogP contribution is 2.13. The van der Waals surface area contributed by atoms with Gasteiger partial charge in [-0.25, -0.2) is 4.98 Å². The largest absolute Gasteiger partial charge is 0.491 e. The predicted octanol–water partition coefficient (Wildman–Crippen LogP) is 0.202. The second kappa shape index (κ2) is 4.64. The fourth-order valence-electron chi connectivity index (χ4n) is 0.920. The highest BCUT2D eigenvalue weighted by Gasteiger charge is 2.16. The van der Waals surface area contributed by atoms with E-state index in [-0.39, 0.29) is 16.6 Å². The molecule has 0 saturated carbocycles. The summed E-state index contributed by atoms with van der Waals surface area (Å²) in [5.74, 6) is 0.370. The molecule has 0 bridgehead atoms. The van der Waals surface area contributed by atoms with E-state index >= 15 is 0 Å². The van der Waals surface area contributed by atoms with Crippen LogP contribution in [0.3, 0.4) is 0 Å². The van der Waals surface area contributed by atoms with Crippen molar-refractivity contribution in [3.63, 3.8) is 0 Å². The Balaban J connectivity index is 2.89. The van der Waals surface area contributed by atoms with Gasteiger partial charge in [0.25, 0.3) is 0 Å². The van der Waals surface area contributed by atoms with Crippen LogP contribution in [-0.4, -0.2) is 28.3 Å². The van der Waals surface area contributed by atoms with Crippen LogP contribution in [-0.2, 0) is 0 Å². The molecular formula is C8H11BClNO3. The Bertz CT molecular complexity index is 319. The van der Waals surface area contributed by atoms with Gasteiger partial charge < -0.3 is 14.8 Å². The van der Waals surface area contributed by atoms with Gasteiger partial charge in [-0.05, 0) is 13.8 Å². The number of rotatable bonds is 3. The number of pyridine rings is 1. The number of halogens is 1. The lowest BCUT2D eigenvalue weighted by Gasteiger charge is -2.09. The monoisotopic (exact) mass is 215 g/mol. The zero-order chi connectivity index (χ0) is 10.7. The molecule has 2 N–H and O–H groups in total. The van der Waals surface area contributed by atoms with E-state index in [9.17, 15) is 0 Å². The molecule has 0 amide bonds. The molecule has 0 aliphatic rings. The zero-order valence-corrected chi connectivity index (χ0v) is 8.69. The molecule has 0 aliphatic heterocycles. The van der Waals surface area contributed by atoms with Crippen LogP contribution < -0.4 is 10.2 Å². The number of hydrogen-bond acceptors (Lipinski definition) is 4. The van der Waals surface area contributed by atoms with E-state index in [0.29, 0.717) is 5.88 Å². The Hall–Kier alpha value is -0.775. The lowest BCUT2D eigenvalue weighted by molar-refractivity contribution is 0.233. The van der Waals surface area contributed by atoms with Gasteiger partial charge >= 0.3 is 7.12 Å². The number of ether oxygens (including phenoxy) is 1. The molecule has 0 atom stereocenters. The van der Waals surface area contributed by atoms with Crippen LogP contribution in [0.15, 0.2) is 12.3 Å². The van der Waals surface area contributed by atoms with Gasteiger partial charge in [0.05, 0.1) is 6.10 Å². The van der Waals surface area contributed by atoms with Crippen molar-refractivity contribution in [1.29, 1.82) is 0 Å². The summed E-state index contributed by atoms with van der Waals surface area (Å²) in [6.45, 7) is 3.73. The summed E-state index contributed by atoms with van der Waals surface area (Å²) >= 11 is 5.77. The lowest BCUT2D eigenvalue weighted by Crippen LogP contribution is -2.31. The van der Waals surface area contributed by atoms with Crippen molar-refractivity contribution in [2.75, 3.05) is 0 Å². The fraction of sp³-hybridized carbons (Fsp3) is 0.375. The molecule has 0 aliphatic carbocycles. The Labute approximate surface area is 87.6 Å². The van der Waals surface area contributed by atoms with Crippen LogP contribution in [0.2, 0.25) is 5.02 Å². The average Bonchev–Trinajstić information content (AvgIpc) is 2.01. The molecule has 0 saturated heterocycles. The van der Waals surface area contributed by atoms with E-state index in [1.807, 2.05) is 13.8 Å². The molecule has 0 unspecified atom stereocenters. The average molecular weight is 215 g/mol. The molecule has 0 aromatic carbocycles. The first-order chi connectivity index (χ1) is 6.50. The summed E-state index contributed by atoms with van der Waals surface area (Å²) in [6.07, 6.45) is 1.29. The van der Waals surface area contributed by atoms with Gasteiger partial charge in [-0.3, -0.25) is 0 Å². The molecule has 0 fully saturated rings. The van der Waals surface area contributed by atoms with E-state index in [0.717, 1.165) is 0 Å². The maximum absolute atomic E-state index is 8.87. The second-order valence-electron chi connectivity index (χ2n) is 3.08. The summed E-state index contributed by atoms with van der Waals surface area (Å²) in [5.41, 5.74) is 0.169. The molecule has 76 valence electrons. The summed E-state index contributed by atoms with van der Waals surface area (Å²) in [6, 6.07) is 1.45. The summed E-state index contributed by atoms with van der Waals surface area (Å²) in [7, 11) is -1.61. The van der Waals surface area contributed by atoms with Gasteiger partial charge in [0.1, 0.15) is 0 Å². The summed E-state index contributed by atoms with van der Waals surface area (Å²) < 4.78 is 5.27. The second-order valence-corrected chi connectivity index (χ2v) is 3.49. The van der Waals surface area contributed by atoms with E-state index in [2.05, 4.69) is 4.98 Å². The topological polar surface area (TPSA) is 62.6 Å². The van der Waals surface area contributed by atoms with Crippen molar-refractivity contribution in [3.8, 4) is 5.88 Å². The Morgan fingerprint density at radius 3 is 2.57 bits per heavy atom. The molecule has 1 rings (SSSR count). The highest BCUT2D eigenvalue weighted by molar-refractivity contribution is 6.62. The number of hydrogen-bond donors (Lipinski definition) is 2. The third kappa shape index (κ3) is 2.87. The first-order valence-electron chi connectivity index (χ1n) is 4.19. The lowest BCUT2D eigenvalue weighted by atomic mass is 9.82. The quantitative estimate of drug-likeness (QED) is 0.707. The van der Waals surface area contributed by atoms with Crippen molar-refractivity contribution in [2.45, 2.75) is 20.0 Å². The SMILES string of the molecule is CC(C)Oc1cc(Cl)c(B(O)O)cn1. The molecule has 4 nitrogen and oxygen atoms in total. The number of nitrogens with zero attached hydrogens (tertiary/aromatic N) is 1. The standard InChI is InChI=1S/C8H11BClNO3/c1-5(2)14-8-3-7(10)6(4-11-8)9(12)13/h3-5,12-13H,1-2H3. The number of aromatic nitrogens is 1. The molecule has 6 heteroatoms. The minimum absolute atomic E-state index is 0.00321. The third-order valence-electron chi connectivity index (χ3n) is 1.49. The van der Waals surface area contributed by atoms with Crippen molar-refractivity contribution in [3.05, 3.63) is 17.3 Å². The van der Waals surface area contributed by atoms with Crippen LogP contribution in [0, 0.1) is 0 Å². The van der Waals surface area contributed by atoms with Crippen molar-refractivity contribution < 1.29 is 14.8 Å². The van der Waals surface area contributed by atoms with Gasteiger partial charge in [0.2, 0.25) is 5.88 Å². The molecular weight excluding hydrogens is 204 g/mol. The van der Waals surface area contributed by atoms with E-state index in [4.69, 9.17) is 26.4 Å². The minimum atomic E-state index is -1.61. The smallest absolute Gasteiger partial charge is 0.475 e. The molecule has 1 aromatic rings. The highest BCUT2D eigenvalue weighted by atomic mass is 35.5. The Morgan fingerprint density at radius 1 is 1.50 bits per heavy atom. The van der Waals surface area contributed by atoms with Crippen LogP contribution in [0.1, 0.15) is 13.8 Å². The van der Waals surface area contributed by atoms with Crippen molar-refractivity contribution in [1.82, 2.24) is 4.98 Å². The zero-order valence-electron chi connectivity index (χ0n) is 7.94. The fourth-order valence-corrected chi connectivity index (χ4v) is 1.16. The van der Waals surface area contributed by atoms with Crippen LogP contribution >= 0.6 is 11.6 Å². The summed E-state index contributed by atoms with van der Waals surface area (Å²) in [5, 5.41) is 18.0. The molecule has 1 aromatic heterocycles. The molecule has 0 spiro atoms. The van der Waals surface area contributed by atoms with Gasteiger partial charge in [-0.1, -0.05) is 11.6 Å².